The number of rotatable bonds is 6. The van der Waals surface area contributed by atoms with Gasteiger partial charge < -0.3 is 20.3 Å². The molecule has 1 atom stereocenters. The van der Waals surface area contributed by atoms with Crippen LogP contribution in [-0.2, 0) is 9.53 Å². The summed E-state index contributed by atoms with van der Waals surface area (Å²) in [5, 5.41) is 6.21. The highest BCUT2D eigenvalue weighted by Crippen LogP contribution is 2.27. The Labute approximate surface area is 103 Å². The lowest BCUT2D eigenvalue weighted by Crippen LogP contribution is -2.57. The first-order chi connectivity index (χ1) is 8.29. The molecule has 1 amide bonds. The van der Waals surface area contributed by atoms with E-state index in [1.165, 1.54) is 25.9 Å². The standard InChI is InChI=1S/C12H23N3O2/c1-17-7-4-13-12(16)8-14-11-9-15-5-2-10(11)3-6-15/h10-11,14H,2-9H2,1H3,(H,13,16). The van der Waals surface area contributed by atoms with E-state index in [2.05, 4.69) is 15.5 Å². The molecule has 3 aliphatic heterocycles. The Morgan fingerprint density at radius 1 is 1.41 bits per heavy atom. The highest BCUT2D eigenvalue weighted by Gasteiger charge is 2.33. The molecule has 98 valence electrons. The summed E-state index contributed by atoms with van der Waals surface area (Å²) in [5.41, 5.74) is 0. The third-order valence-electron chi connectivity index (χ3n) is 3.81. The van der Waals surface area contributed by atoms with E-state index in [0.717, 1.165) is 12.5 Å². The van der Waals surface area contributed by atoms with Crippen LogP contribution in [0.15, 0.2) is 0 Å². The summed E-state index contributed by atoms with van der Waals surface area (Å²) in [7, 11) is 1.64. The van der Waals surface area contributed by atoms with Crippen molar-refractivity contribution in [2.45, 2.75) is 18.9 Å². The van der Waals surface area contributed by atoms with Crippen LogP contribution in [0, 0.1) is 5.92 Å². The molecule has 3 saturated heterocycles. The molecule has 0 radical (unpaired) electrons. The minimum atomic E-state index is 0.0681. The maximum atomic E-state index is 11.5. The molecule has 0 aromatic rings. The van der Waals surface area contributed by atoms with E-state index in [-0.39, 0.29) is 5.91 Å². The van der Waals surface area contributed by atoms with E-state index in [1.54, 1.807) is 7.11 Å². The molecular formula is C12H23N3O2. The lowest BCUT2D eigenvalue weighted by molar-refractivity contribution is -0.120. The number of amides is 1. The Kier molecular flexibility index (Phi) is 4.76. The van der Waals surface area contributed by atoms with Gasteiger partial charge in [0.15, 0.2) is 0 Å². The Hall–Kier alpha value is -0.650. The van der Waals surface area contributed by atoms with Crippen molar-refractivity contribution in [1.29, 1.82) is 0 Å². The third kappa shape index (κ3) is 3.66. The van der Waals surface area contributed by atoms with Gasteiger partial charge in [0.1, 0.15) is 0 Å². The van der Waals surface area contributed by atoms with E-state index in [1.807, 2.05) is 0 Å². The normalized spacial score (nSPS) is 31.5. The van der Waals surface area contributed by atoms with Gasteiger partial charge in [-0.2, -0.15) is 0 Å². The molecule has 3 rings (SSSR count). The molecule has 5 heteroatoms. The van der Waals surface area contributed by atoms with Gasteiger partial charge in [0.05, 0.1) is 13.2 Å². The van der Waals surface area contributed by atoms with Gasteiger partial charge in [0.2, 0.25) is 5.91 Å². The Morgan fingerprint density at radius 2 is 2.18 bits per heavy atom. The van der Waals surface area contributed by atoms with Gasteiger partial charge in [-0.15, -0.1) is 0 Å². The van der Waals surface area contributed by atoms with Crippen LogP contribution in [0.1, 0.15) is 12.8 Å². The lowest BCUT2D eigenvalue weighted by atomic mass is 9.84. The van der Waals surface area contributed by atoms with Gasteiger partial charge in [0, 0.05) is 26.2 Å². The number of piperidine rings is 3. The van der Waals surface area contributed by atoms with Crippen LogP contribution in [0.3, 0.4) is 0 Å². The van der Waals surface area contributed by atoms with E-state index in [9.17, 15) is 4.79 Å². The smallest absolute Gasteiger partial charge is 0.234 e. The number of carbonyl (C=O) groups is 1. The molecule has 5 nitrogen and oxygen atoms in total. The number of methoxy groups -OCH3 is 1. The summed E-state index contributed by atoms with van der Waals surface area (Å²) in [6, 6.07) is 0.505. The number of carbonyl (C=O) groups excluding carboxylic acids is 1. The van der Waals surface area contributed by atoms with Gasteiger partial charge in [-0.1, -0.05) is 0 Å². The summed E-state index contributed by atoms with van der Waals surface area (Å²) in [5.74, 6) is 0.838. The maximum Gasteiger partial charge on any atom is 0.234 e. The lowest BCUT2D eigenvalue weighted by Gasteiger charge is -2.45. The van der Waals surface area contributed by atoms with Crippen molar-refractivity contribution >= 4 is 5.91 Å². The van der Waals surface area contributed by atoms with Crippen molar-refractivity contribution < 1.29 is 9.53 Å². The second-order valence-electron chi connectivity index (χ2n) is 4.97. The SMILES string of the molecule is COCCNC(=O)CNC1CN2CCC1CC2. The molecule has 0 aliphatic carbocycles. The number of ether oxygens (including phenoxy) is 1. The molecule has 0 aromatic heterocycles. The Bertz CT molecular complexity index is 252. The molecular weight excluding hydrogens is 218 g/mol. The summed E-state index contributed by atoms with van der Waals surface area (Å²) < 4.78 is 4.89. The highest BCUT2D eigenvalue weighted by molar-refractivity contribution is 5.77. The first kappa shape index (κ1) is 12.8. The summed E-state index contributed by atoms with van der Waals surface area (Å²) >= 11 is 0. The van der Waals surface area contributed by atoms with E-state index in [4.69, 9.17) is 4.74 Å². The first-order valence-electron chi connectivity index (χ1n) is 6.51. The highest BCUT2D eigenvalue weighted by atomic mass is 16.5. The summed E-state index contributed by atoms with van der Waals surface area (Å²) in [6.07, 6.45) is 2.56. The van der Waals surface area contributed by atoms with Crippen molar-refractivity contribution in [3.63, 3.8) is 0 Å². The molecule has 3 heterocycles. The topological polar surface area (TPSA) is 53.6 Å². The Balaban J connectivity index is 1.63. The minimum absolute atomic E-state index is 0.0681. The van der Waals surface area contributed by atoms with Crippen LogP contribution >= 0.6 is 0 Å². The second-order valence-corrected chi connectivity index (χ2v) is 4.97. The number of nitrogens with one attached hydrogen (secondary N) is 2. The van der Waals surface area contributed by atoms with Crippen LogP contribution in [-0.4, -0.2) is 63.3 Å². The zero-order valence-electron chi connectivity index (χ0n) is 10.6. The number of hydrogen-bond acceptors (Lipinski definition) is 4. The van der Waals surface area contributed by atoms with E-state index < -0.39 is 0 Å². The molecule has 3 aliphatic rings. The number of nitrogens with zero attached hydrogens (tertiary/aromatic N) is 1. The quantitative estimate of drug-likeness (QED) is 0.612. The van der Waals surface area contributed by atoms with Crippen molar-refractivity contribution in [1.82, 2.24) is 15.5 Å². The van der Waals surface area contributed by atoms with Gasteiger partial charge in [-0.25, -0.2) is 0 Å². The Morgan fingerprint density at radius 3 is 2.76 bits per heavy atom. The fourth-order valence-corrected chi connectivity index (χ4v) is 2.78. The van der Waals surface area contributed by atoms with Crippen molar-refractivity contribution in [3.8, 4) is 0 Å². The van der Waals surface area contributed by atoms with E-state index >= 15 is 0 Å². The first-order valence-corrected chi connectivity index (χ1v) is 6.51. The molecule has 17 heavy (non-hydrogen) atoms. The molecule has 0 aromatic carbocycles. The molecule has 2 bridgehead atoms. The van der Waals surface area contributed by atoms with Crippen molar-refractivity contribution in [2.24, 2.45) is 5.92 Å². The average molecular weight is 241 g/mol. The van der Waals surface area contributed by atoms with Gasteiger partial charge in [-0.05, 0) is 31.8 Å². The minimum Gasteiger partial charge on any atom is -0.383 e. The monoisotopic (exact) mass is 241 g/mol. The fraction of sp³-hybridized carbons (Fsp3) is 0.917. The zero-order chi connectivity index (χ0) is 12.1. The van der Waals surface area contributed by atoms with E-state index in [0.29, 0.717) is 25.7 Å². The van der Waals surface area contributed by atoms with Crippen molar-refractivity contribution in [3.05, 3.63) is 0 Å². The molecule has 1 unspecified atom stereocenters. The molecule has 2 N–H and O–H groups in total. The van der Waals surface area contributed by atoms with Crippen molar-refractivity contribution in [2.75, 3.05) is 46.4 Å². The van der Waals surface area contributed by atoms with Gasteiger partial charge >= 0.3 is 0 Å². The number of fused-ring (bicyclic) bond motifs is 3. The summed E-state index contributed by atoms with van der Waals surface area (Å²) in [6.45, 7) is 5.18. The van der Waals surface area contributed by atoms with Gasteiger partial charge in [-0.3, -0.25) is 4.79 Å². The zero-order valence-corrected chi connectivity index (χ0v) is 10.6. The molecule has 0 spiro atoms. The van der Waals surface area contributed by atoms with Crippen LogP contribution in [0.5, 0.6) is 0 Å². The maximum absolute atomic E-state index is 11.5. The predicted molar refractivity (Wildman–Crippen MR) is 65.8 cm³/mol. The van der Waals surface area contributed by atoms with Gasteiger partial charge in [0.25, 0.3) is 0 Å². The van der Waals surface area contributed by atoms with Crippen LogP contribution in [0.2, 0.25) is 0 Å². The summed E-state index contributed by atoms with van der Waals surface area (Å²) in [4.78, 5) is 14.0. The van der Waals surface area contributed by atoms with Crippen LogP contribution < -0.4 is 10.6 Å². The molecule has 3 fully saturated rings. The fourth-order valence-electron chi connectivity index (χ4n) is 2.78. The number of hydrogen-bond donors (Lipinski definition) is 2. The third-order valence-corrected chi connectivity index (χ3v) is 3.81. The molecule has 0 saturated carbocycles. The van der Waals surface area contributed by atoms with Crippen LogP contribution in [0.4, 0.5) is 0 Å². The van der Waals surface area contributed by atoms with Crippen LogP contribution in [0.25, 0.3) is 0 Å². The second kappa shape index (κ2) is 6.33. The predicted octanol–water partition coefficient (Wildman–Crippen LogP) is -0.567. The largest absolute Gasteiger partial charge is 0.383 e. The average Bonchev–Trinajstić information content (AvgIpc) is 2.38.